The molecule has 0 aliphatic carbocycles. The third-order valence-corrected chi connectivity index (χ3v) is 6.83. The van der Waals surface area contributed by atoms with Gasteiger partial charge in [-0.2, -0.15) is 0 Å². The third-order valence-electron chi connectivity index (χ3n) is 6.83. The van der Waals surface area contributed by atoms with Gasteiger partial charge in [0, 0.05) is 40.2 Å². The van der Waals surface area contributed by atoms with Gasteiger partial charge < -0.3 is 43.4 Å². The van der Waals surface area contributed by atoms with Crippen LogP contribution in [0.15, 0.2) is 0 Å². The molecule has 3 aliphatic rings. The van der Waals surface area contributed by atoms with Crippen molar-refractivity contribution in [1.29, 1.82) is 0 Å². The number of rotatable bonds is 9. The number of carbonyl (C=O) groups excluding carboxylic acids is 3. The summed E-state index contributed by atoms with van der Waals surface area (Å²) in [6, 6.07) is 0. The maximum Gasteiger partial charge on any atom is 0.311 e. The highest BCUT2D eigenvalue weighted by Gasteiger charge is 2.65. The molecule has 0 saturated carbocycles. The quantitative estimate of drug-likeness (QED) is 0.316. The fourth-order valence-corrected chi connectivity index (χ4v) is 4.95. The summed E-state index contributed by atoms with van der Waals surface area (Å²) < 4.78 is 40.2. The monoisotopic (exact) mass is 532 g/mol. The number of carbonyl (C=O) groups is 3. The number of esters is 3. The summed E-state index contributed by atoms with van der Waals surface area (Å²) >= 11 is 0. The molecule has 212 valence electrons. The number of aliphatic hydroxyl groups is 2. The minimum absolute atomic E-state index is 0.0368. The second kappa shape index (κ2) is 11.9. The van der Waals surface area contributed by atoms with E-state index >= 15 is 0 Å². The Morgan fingerprint density at radius 2 is 1.78 bits per heavy atom. The summed E-state index contributed by atoms with van der Waals surface area (Å²) in [4.78, 5) is 35.2. The molecule has 1 unspecified atom stereocenters. The van der Waals surface area contributed by atoms with E-state index < -0.39 is 65.9 Å². The molecule has 0 radical (unpaired) electrons. The van der Waals surface area contributed by atoms with Crippen LogP contribution < -0.4 is 0 Å². The van der Waals surface area contributed by atoms with Crippen molar-refractivity contribution in [1.82, 2.24) is 0 Å². The number of hydrogen-bond acceptors (Lipinski definition) is 12. The van der Waals surface area contributed by atoms with Crippen LogP contribution in [-0.4, -0.2) is 103 Å². The summed E-state index contributed by atoms with van der Waals surface area (Å²) in [6.07, 6.45) is -5.83. The number of fused-ring (bicyclic) bond motifs is 2. The molecule has 37 heavy (non-hydrogen) atoms. The molecule has 0 spiro atoms. The lowest BCUT2D eigenvalue weighted by Gasteiger charge is -2.53. The summed E-state index contributed by atoms with van der Waals surface area (Å²) in [7, 11) is 1.45. The first-order chi connectivity index (χ1) is 17.3. The van der Waals surface area contributed by atoms with Crippen molar-refractivity contribution in [3.05, 3.63) is 0 Å². The molecule has 9 atom stereocenters. The van der Waals surface area contributed by atoms with Gasteiger partial charge in [0.05, 0.1) is 30.3 Å². The van der Waals surface area contributed by atoms with Crippen molar-refractivity contribution in [2.24, 2.45) is 5.41 Å². The molecule has 3 heterocycles. The highest BCUT2D eigenvalue weighted by atomic mass is 16.7. The van der Waals surface area contributed by atoms with Crippen molar-refractivity contribution in [2.45, 2.75) is 115 Å². The Morgan fingerprint density at radius 3 is 2.38 bits per heavy atom. The van der Waals surface area contributed by atoms with Gasteiger partial charge in [0.1, 0.15) is 24.9 Å². The molecule has 0 aromatic carbocycles. The van der Waals surface area contributed by atoms with Gasteiger partial charge in [-0.25, -0.2) is 0 Å². The van der Waals surface area contributed by atoms with Crippen LogP contribution in [0, 0.1) is 5.41 Å². The molecule has 0 bridgehead atoms. The lowest BCUT2D eigenvalue weighted by Crippen LogP contribution is -2.69. The molecule has 12 heteroatoms. The third kappa shape index (κ3) is 6.98. The van der Waals surface area contributed by atoms with E-state index in [9.17, 15) is 24.6 Å². The van der Waals surface area contributed by atoms with Crippen LogP contribution in [0.2, 0.25) is 0 Å². The van der Waals surface area contributed by atoms with Gasteiger partial charge in [-0.1, -0.05) is 0 Å². The SMILES string of the molecule is COC12CC[C@H](CCOC(=O)C(C)(C)C)O[C@@H]1[C@@H](OC(C)=O)[C@@H]1O[C@H](C[C@@H](O)COC(C)=O)[C@H](O)[C@@H]1O2. The minimum Gasteiger partial charge on any atom is -0.465 e. The van der Waals surface area contributed by atoms with Crippen molar-refractivity contribution in [3.8, 4) is 0 Å². The molecule has 0 amide bonds. The largest absolute Gasteiger partial charge is 0.465 e. The van der Waals surface area contributed by atoms with Crippen molar-refractivity contribution in [3.63, 3.8) is 0 Å². The number of methoxy groups -OCH3 is 1. The molecule has 12 nitrogen and oxygen atoms in total. The fraction of sp³-hybridized carbons (Fsp3) is 0.880. The van der Waals surface area contributed by atoms with Crippen LogP contribution in [-0.2, 0) is 47.5 Å². The van der Waals surface area contributed by atoms with Crippen LogP contribution in [0.3, 0.4) is 0 Å². The lowest BCUT2D eigenvalue weighted by molar-refractivity contribution is -0.382. The molecule has 3 fully saturated rings. The Labute approximate surface area is 216 Å². The first-order valence-corrected chi connectivity index (χ1v) is 12.6. The van der Waals surface area contributed by atoms with Crippen LogP contribution >= 0.6 is 0 Å². The minimum atomic E-state index is -1.31. The molecule has 3 aliphatic heterocycles. The molecule has 3 saturated heterocycles. The maximum absolute atomic E-state index is 12.1. The van der Waals surface area contributed by atoms with E-state index in [0.717, 1.165) is 0 Å². The second-order valence-electron chi connectivity index (χ2n) is 10.9. The zero-order chi connectivity index (χ0) is 27.5. The van der Waals surface area contributed by atoms with Crippen LogP contribution in [0.4, 0.5) is 0 Å². The Hall–Kier alpha value is -1.83. The predicted molar refractivity (Wildman–Crippen MR) is 125 cm³/mol. The van der Waals surface area contributed by atoms with Gasteiger partial charge in [0.2, 0.25) is 0 Å². The Balaban J connectivity index is 1.73. The molecule has 0 aromatic rings. The van der Waals surface area contributed by atoms with Crippen LogP contribution in [0.25, 0.3) is 0 Å². The highest BCUT2D eigenvalue weighted by molar-refractivity contribution is 5.75. The van der Waals surface area contributed by atoms with Gasteiger partial charge in [0.15, 0.2) is 18.0 Å². The smallest absolute Gasteiger partial charge is 0.311 e. The zero-order valence-corrected chi connectivity index (χ0v) is 22.3. The van der Waals surface area contributed by atoms with Crippen molar-refractivity contribution in [2.75, 3.05) is 20.3 Å². The normalized spacial score (nSPS) is 36.2. The second-order valence-corrected chi connectivity index (χ2v) is 10.9. The Kier molecular flexibility index (Phi) is 9.57. The Morgan fingerprint density at radius 1 is 1.08 bits per heavy atom. The topological polar surface area (TPSA) is 156 Å². The van der Waals surface area contributed by atoms with Gasteiger partial charge in [-0.05, 0) is 27.2 Å². The van der Waals surface area contributed by atoms with Gasteiger partial charge in [-0.15, -0.1) is 0 Å². The van der Waals surface area contributed by atoms with E-state index in [1.54, 1.807) is 20.8 Å². The first-order valence-electron chi connectivity index (χ1n) is 12.6. The van der Waals surface area contributed by atoms with Crippen molar-refractivity contribution < 1.29 is 57.8 Å². The summed E-state index contributed by atoms with van der Waals surface area (Å²) in [6.45, 7) is 7.73. The van der Waals surface area contributed by atoms with Crippen LogP contribution in [0.1, 0.15) is 60.3 Å². The summed E-state index contributed by atoms with van der Waals surface area (Å²) in [5.74, 6) is -2.73. The van der Waals surface area contributed by atoms with Crippen LogP contribution in [0.5, 0.6) is 0 Å². The van der Waals surface area contributed by atoms with Gasteiger partial charge in [0.25, 0.3) is 0 Å². The Bertz CT molecular complexity index is 825. The molecule has 2 N–H and O–H groups in total. The average Bonchev–Trinajstić information content (AvgIpc) is 3.11. The van der Waals surface area contributed by atoms with E-state index in [2.05, 4.69) is 0 Å². The van der Waals surface area contributed by atoms with E-state index in [1.807, 2.05) is 0 Å². The van der Waals surface area contributed by atoms with E-state index in [1.165, 1.54) is 21.0 Å². The van der Waals surface area contributed by atoms with Gasteiger partial charge in [-0.3, -0.25) is 14.4 Å². The van der Waals surface area contributed by atoms with Crippen molar-refractivity contribution >= 4 is 17.9 Å². The van der Waals surface area contributed by atoms with E-state index in [-0.39, 0.29) is 31.7 Å². The van der Waals surface area contributed by atoms with E-state index in [0.29, 0.717) is 19.3 Å². The number of hydrogen-bond donors (Lipinski definition) is 2. The summed E-state index contributed by atoms with van der Waals surface area (Å²) in [5, 5.41) is 21.2. The standard InChI is InChI=1S/C25H40O12/c1-13(26)33-12-15(28)11-17-18(29)19-20(36-17)21(34-14(2)27)22-25(31-6,37-19)9-7-16(35-22)8-10-32-23(30)24(3,4)5/h15-22,28-29H,7-12H2,1-6H3/t15-,16-,17-,18+,19+,20-,21+,22-,25?/m1/s1. The van der Waals surface area contributed by atoms with E-state index in [4.69, 9.17) is 33.2 Å². The fourth-order valence-electron chi connectivity index (χ4n) is 4.95. The number of ether oxygens (including phenoxy) is 7. The zero-order valence-electron chi connectivity index (χ0n) is 22.3. The molecular formula is C25H40O12. The summed E-state index contributed by atoms with van der Waals surface area (Å²) in [5.41, 5.74) is -0.617. The molecule has 0 aromatic heterocycles. The lowest BCUT2D eigenvalue weighted by atomic mass is 9.85. The first kappa shape index (κ1) is 29.7. The number of aliphatic hydroxyl groups excluding tert-OH is 2. The predicted octanol–water partition coefficient (Wildman–Crippen LogP) is 0.629. The molecular weight excluding hydrogens is 492 g/mol. The van der Waals surface area contributed by atoms with Gasteiger partial charge >= 0.3 is 17.9 Å². The average molecular weight is 533 g/mol. The highest BCUT2D eigenvalue weighted by Crippen LogP contribution is 2.47. The molecule has 3 rings (SSSR count). The maximum atomic E-state index is 12.1.